The lowest BCUT2D eigenvalue weighted by Gasteiger charge is -2.21. The predicted octanol–water partition coefficient (Wildman–Crippen LogP) is 13.7. The highest BCUT2D eigenvalue weighted by Crippen LogP contribution is 2.49. The second-order valence-corrected chi connectivity index (χ2v) is 11.8. The van der Waals surface area contributed by atoms with E-state index in [4.69, 9.17) is 16.8 Å². The second kappa shape index (κ2) is 11.1. The van der Waals surface area contributed by atoms with Crippen LogP contribution in [0.5, 0.6) is 0 Å². The van der Waals surface area contributed by atoms with Crippen molar-refractivity contribution in [2.24, 2.45) is 0 Å². The van der Waals surface area contributed by atoms with Gasteiger partial charge in [-0.15, -0.1) is 0 Å². The molecule has 0 saturated carbocycles. The van der Waals surface area contributed by atoms with Crippen molar-refractivity contribution in [3.05, 3.63) is 182 Å². The molecule has 0 unspecified atom stereocenters. The van der Waals surface area contributed by atoms with Gasteiger partial charge in [0.15, 0.2) is 0 Å². The van der Waals surface area contributed by atoms with Crippen LogP contribution in [0.3, 0.4) is 0 Å². The van der Waals surface area contributed by atoms with Crippen LogP contribution in [0.2, 0.25) is 0 Å². The minimum absolute atomic E-state index is 0.0189. The van der Waals surface area contributed by atoms with E-state index in [1.54, 1.807) is 48.5 Å². The van der Waals surface area contributed by atoms with E-state index in [1.165, 1.54) is 0 Å². The number of fused-ring (bicyclic) bond motifs is 6. The van der Waals surface area contributed by atoms with Gasteiger partial charge in [0.2, 0.25) is 0 Å². The molecule has 0 spiro atoms. The van der Waals surface area contributed by atoms with Crippen molar-refractivity contribution in [3.63, 3.8) is 0 Å². The van der Waals surface area contributed by atoms with Gasteiger partial charge < -0.3 is 4.42 Å². The Labute approximate surface area is 302 Å². The molecule has 49 heavy (non-hydrogen) atoms. The zero-order valence-electron chi connectivity index (χ0n) is 38.7. The van der Waals surface area contributed by atoms with Crippen molar-refractivity contribution in [1.29, 1.82) is 0 Å². The standard InChI is InChI=1S/C48H30O/c1-3-14-31(15-4-1)34-27-29-44-43(30-34)40-24-13-25-42(48(40)49-44)47-38-22-11-9-20-36(38)46(37-21-10-12-23-39(37)47)41-28-26-32-16-7-8-19-35(32)45(41)33-17-5-2-6-18-33/h1-30H/i2D,5D,6D,9D,10D,11D,12D,17D,18D,20D,21D,22D,23D. The molecule has 0 saturated heterocycles. The van der Waals surface area contributed by atoms with E-state index in [-0.39, 0.29) is 49.4 Å². The summed E-state index contributed by atoms with van der Waals surface area (Å²) in [5.74, 6) is 0. The molecule has 0 amide bonds. The number of rotatable bonds is 4. The third-order valence-electron chi connectivity index (χ3n) is 9.20. The largest absolute Gasteiger partial charge is 0.455 e. The van der Waals surface area contributed by atoms with E-state index in [2.05, 4.69) is 0 Å². The molecule has 9 aromatic carbocycles. The van der Waals surface area contributed by atoms with Gasteiger partial charge in [-0.1, -0.05) is 170 Å². The van der Waals surface area contributed by atoms with Gasteiger partial charge >= 0.3 is 0 Å². The first-order valence-electron chi connectivity index (χ1n) is 22.3. The second-order valence-electron chi connectivity index (χ2n) is 11.8. The molecule has 1 nitrogen and oxygen atoms in total. The van der Waals surface area contributed by atoms with Gasteiger partial charge in [-0.05, 0) is 77.8 Å². The van der Waals surface area contributed by atoms with Gasteiger partial charge in [0.05, 0.1) is 17.8 Å². The van der Waals surface area contributed by atoms with Crippen molar-refractivity contribution in [2.75, 3.05) is 0 Å². The average molecular weight is 636 g/mol. The highest BCUT2D eigenvalue weighted by atomic mass is 16.3. The summed E-state index contributed by atoms with van der Waals surface area (Å²) in [6, 6.07) is 24.1. The van der Waals surface area contributed by atoms with Gasteiger partial charge in [0.1, 0.15) is 11.2 Å². The average Bonchev–Trinajstić information content (AvgIpc) is 3.68. The molecular weight excluding hydrogens is 593 g/mol. The molecular formula is C48H30O. The fourth-order valence-corrected chi connectivity index (χ4v) is 7.09. The number of hydrogen-bond donors (Lipinski definition) is 0. The smallest absolute Gasteiger partial charge is 0.143 e. The van der Waals surface area contributed by atoms with Crippen molar-refractivity contribution in [2.45, 2.75) is 0 Å². The lowest BCUT2D eigenvalue weighted by atomic mass is 9.82. The van der Waals surface area contributed by atoms with E-state index in [0.717, 1.165) is 16.5 Å². The summed E-state index contributed by atoms with van der Waals surface area (Å²) in [6.45, 7) is 0. The molecule has 0 aliphatic rings. The Morgan fingerprint density at radius 2 is 1.00 bits per heavy atom. The minimum Gasteiger partial charge on any atom is -0.455 e. The summed E-state index contributed by atoms with van der Waals surface area (Å²) in [6.07, 6.45) is 0. The van der Waals surface area contributed by atoms with Crippen LogP contribution in [-0.2, 0) is 0 Å². The monoisotopic (exact) mass is 635 g/mol. The lowest BCUT2D eigenvalue weighted by Crippen LogP contribution is -1.93. The SMILES string of the molecule is [2H]c1c([2H])c([2H])c(-c2c(-c3c4c([2H])c([2H])c([2H])c([2H])c4c(-c4cccc5c4oc4ccc(-c6ccccc6)cc45)c4c([2H])c([2H])c([2H])c([2H])c34)ccc3ccccc23)c([2H])c1[2H]. The van der Waals surface area contributed by atoms with Crippen LogP contribution in [-0.4, -0.2) is 0 Å². The summed E-state index contributed by atoms with van der Waals surface area (Å²) >= 11 is 0. The van der Waals surface area contributed by atoms with Gasteiger partial charge in [0, 0.05) is 21.9 Å². The molecule has 0 aliphatic heterocycles. The van der Waals surface area contributed by atoms with Crippen LogP contribution >= 0.6 is 0 Å². The summed E-state index contributed by atoms with van der Waals surface area (Å²) in [5, 5.41) is 2.20. The first-order chi connectivity index (χ1) is 29.7. The number of hydrogen-bond acceptors (Lipinski definition) is 1. The van der Waals surface area contributed by atoms with Gasteiger partial charge in [-0.2, -0.15) is 0 Å². The van der Waals surface area contributed by atoms with E-state index in [9.17, 15) is 5.48 Å². The quantitative estimate of drug-likeness (QED) is 0.175. The number of para-hydroxylation sites is 1. The van der Waals surface area contributed by atoms with Gasteiger partial charge in [-0.3, -0.25) is 0 Å². The zero-order valence-corrected chi connectivity index (χ0v) is 25.7. The predicted molar refractivity (Wildman–Crippen MR) is 208 cm³/mol. The van der Waals surface area contributed by atoms with Crippen molar-refractivity contribution < 1.29 is 22.2 Å². The molecule has 1 heteroatoms. The van der Waals surface area contributed by atoms with Crippen molar-refractivity contribution in [3.8, 4) is 44.5 Å². The van der Waals surface area contributed by atoms with Crippen LogP contribution in [0.15, 0.2) is 186 Å². The van der Waals surface area contributed by atoms with Crippen LogP contribution in [0.4, 0.5) is 0 Å². The summed E-state index contributed by atoms with van der Waals surface area (Å²) in [7, 11) is 0. The molecule has 0 N–H and O–H groups in total. The summed E-state index contributed by atoms with van der Waals surface area (Å²) < 4.78 is 125. The normalized spacial score (nSPS) is 15.4. The van der Waals surface area contributed by atoms with E-state index in [1.807, 2.05) is 54.6 Å². The minimum atomic E-state index is -0.606. The van der Waals surface area contributed by atoms with Crippen LogP contribution in [0.25, 0.3) is 98.8 Å². The first-order valence-corrected chi connectivity index (χ1v) is 15.8. The fourth-order valence-electron chi connectivity index (χ4n) is 7.09. The Balaban J connectivity index is 1.45. The molecule has 0 fully saturated rings. The van der Waals surface area contributed by atoms with E-state index >= 15 is 0 Å². The Morgan fingerprint density at radius 3 is 1.73 bits per heavy atom. The maximum absolute atomic E-state index is 9.58. The van der Waals surface area contributed by atoms with Crippen molar-refractivity contribution in [1.82, 2.24) is 0 Å². The fraction of sp³-hybridized carbons (Fsp3) is 0. The zero-order chi connectivity index (χ0) is 43.6. The molecule has 10 rings (SSSR count). The Morgan fingerprint density at radius 1 is 0.367 bits per heavy atom. The topological polar surface area (TPSA) is 13.1 Å². The molecule has 0 atom stereocenters. The van der Waals surface area contributed by atoms with Crippen LogP contribution < -0.4 is 0 Å². The lowest BCUT2D eigenvalue weighted by molar-refractivity contribution is 0.670. The number of furan rings is 1. The molecule has 10 aromatic rings. The maximum atomic E-state index is 9.58. The van der Waals surface area contributed by atoms with E-state index in [0.29, 0.717) is 32.9 Å². The highest BCUT2D eigenvalue weighted by Gasteiger charge is 2.22. The Kier molecular flexibility index (Phi) is 3.99. The first kappa shape index (κ1) is 17.6. The number of benzene rings is 9. The molecule has 1 aromatic heterocycles. The summed E-state index contributed by atoms with van der Waals surface area (Å²) in [5.41, 5.74) is 3.24. The van der Waals surface area contributed by atoms with Crippen LogP contribution in [0.1, 0.15) is 17.8 Å². The van der Waals surface area contributed by atoms with Crippen LogP contribution in [0, 0.1) is 0 Å². The van der Waals surface area contributed by atoms with Gasteiger partial charge in [0.25, 0.3) is 0 Å². The third-order valence-corrected chi connectivity index (χ3v) is 9.20. The third kappa shape index (κ3) is 4.33. The molecule has 228 valence electrons. The van der Waals surface area contributed by atoms with Crippen molar-refractivity contribution >= 4 is 54.3 Å². The van der Waals surface area contributed by atoms with E-state index < -0.39 is 78.6 Å². The maximum Gasteiger partial charge on any atom is 0.143 e. The summed E-state index contributed by atoms with van der Waals surface area (Å²) in [4.78, 5) is 0. The Bertz CT molecular complexity index is 3510. The highest BCUT2D eigenvalue weighted by molar-refractivity contribution is 6.26. The Hall–Kier alpha value is -6.44. The molecule has 0 aliphatic carbocycles. The molecule has 0 radical (unpaired) electrons. The van der Waals surface area contributed by atoms with Gasteiger partial charge in [-0.25, -0.2) is 0 Å². The molecule has 0 bridgehead atoms. The molecule has 1 heterocycles.